The summed E-state index contributed by atoms with van der Waals surface area (Å²) in [4.78, 5) is -0.212. The molecule has 1 aromatic rings. The third-order valence-electron chi connectivity index (χ3n) is 2.86. The molecule has 0 bridgehead atoms. The van der Waals surface area contributed by atoms with E-state index in [0.29, 0.717) is 19.6 Å². The van der Waals surface area contributed by atoms with Crippen molar-refractivity contribution in [3.05, 3.63) is 29.8 Å². The van der Waals surface area contributed by atoms with Crippen LogP contribution in [0.4, 0.5) is 8.78 Å². The Hall–Kier alpha value is -0.760. The lowest BCUT2D eigenvalue weighted by Crippen LogP contribution is -2.51. The fourth-order valence-corrected chi connectivity index (χ4v) is 3.44. The van der Waals surface area contributed by atoms with Crippen molar-refractivity contribution in [2.75, 3.05) is 19.6 Å². The Balaban J connectivity index is 0.00000180. The van der Waals surface area contributed by atoms with Crippen LogP contribution in [0.15, 0.2) is 23.1 Å². The van der Waals surface area contributed by atoms with E-state index in [0.717, 1.165) is 18.2 Å². The Morgan fingerprint density at radius 1 is 1.32 bits per heavy atom. The van der Waals surface area contributed by atoms with Gasteiger partial charge in [-0.2, -0.15) is 4.31 Å². The van der Waals surface area contributed by atoms with E-state index in [1.165, 1.54) is 4.31 Å². The van der Waals surface area contributed by atoms with Gasteiger partial charge < -0.3 is 5.32 Å². The van der Waals surface area contributed by atoms with Crippen LogP contribution in [0.25, 0.3) is 0 Å². The molecule has 0 saturated carbocycles. The topological polar surface area (TPSA) is 49.4 Å². The second-order valence-electron chi connectivity index (χ2n) is 4.29. The van der Waals surface area contributed by atoms with E-state index in [1.807, 2.05) is 6.92 Å². The van der Waals surface area contributed by atoms with Gasteiger partial charge in [0.15, 0.2) is 11.6 Å². The number of nitrogens with one attached hydrogen (secondary N) is 1. The van der Waals surface area contributed by atoms with Gasteiger partial charge >= 0.3 is 0 Å². The van der Waals surface area contributed by atoms with Crippen molar-refractivity contribution in [3.63, 3.8) is 0 Å². The van der Waals surface area contributed by atoms with E-state index in [-0.39, 0.29) is 23.3 Å². The molecule has 108 valence electrons. The van der Waals surface area contributed by atoms with E-state index in [4.69, 9.17) is 0 Å². The molecule has 0 unspecified atom stereocenters. The summed E-state index contributed by atoms with van der Waals surface area (Å²) in [5, 5.41) is 3.12. The van der Waals surface area contributed by atoms with Gasteiger partial charge in [-0.25, -0.2) is 17.2 Å². The van der Waals surface area contributed by atoms with Crippen LogP contribution in [0, 0.1) is 11.6 Å². The number of benzene rings is 1. The first-order valence-electron chi connectivity index (χ1n) is 5.60. The van der Waals surface area contributed by atoms with Gasteiger partial charge in [0.2, 0.25) is 10.0 Å². The number of sulfonamides is 1. The summed E-state index contributed by atoms with van der Waals surface area (Å²) in [5.74, 6) is -2.21. The van der Waals surface area contributed by atoms with Crippen LogP contribution >= 0.6 is 12.4 Å². The van der Waals surface area contributed by atoms with Gasteiger partial charge in [0.25, 0.3) is 0 Å². The van der Waals surface area contributed by atoms with Crippen molar-refractivity contribution in [1.29, 1.82) is 0 Å². The second kappa shape index (κ2) is 6.13. The molecule has 19 heavy (non-hydrogen) atoms. The zero-order valence-corrected chi connectivity index (χ0v) is 11.9. The molecule has 1 N–H and O–H groups in total. The third-order valence-corrected chi connectivity index (χ3v) is 4.72. The molecule has 1 aliphatic rings. The standard InChI is InChI=1S/C11H14F2N2O2S.ClH/c1-8-7-15(5-4-14-8)18(16,17)9-2-3-10(12)11(13)6-9;/h2-3,6,8,14H,4-5,7H2,1H3;1H/t8-;/m1./s1. The smallest absolute Gasteiger partial charge is 0.243 e. The molecular formula is C11H15ClF2N2O2S. The summed E-state index contributed by atoms with van der Waals surface area (Å²) < 4.78 is 51.6. The maximum absolute atomic E-state index is 13.1. The van der Waals surface area contributed by atoms with Gasteiger partial charge in [-0.3, -0.25) is 0 Å². The Morgan fingerprint density at radius 2 is 2.00 bits per heavy atom. The van der Waals surface area contributed by atoms with Crippen LogP contribution in [0.3, 0.4) is 0 Å². The van der Waals surface area contributed by atoms with Crippen molar-refractivity contribution in [2.45, 2.75) is 17.9 Å². The Kier molecular flexibility index (Phi) is 5.26. The summed E-state index contributed by atoms with van der Waals surface area (Å²) in [6.07, 6.45) is 0. The lowest BCUT2D eigenvalue weighted by atomic mass is 10.3. The highest BCUT2D eigenvalue weighted by Crippen LogP contribution is 2.19. The maximum atomic E-state index is 13.1. The number of halogens is 3. The van der Waals surface area contributed by atoms with Crippen LogP contribution in [0.5, 0.6) is 0 Å². The first-order chi connectivity index (χ1) is 8.41. The van der Waals surface area contributed by atoms with Crippen molar-refractivity contribution in [2.24, 2.45) is 0 Å². The number of hydrogen-bond acceptors (Lipinski definition) is 3. The first-order valence-corrected chi connectivity index (χ1v) is 7.04. The zero-order chi connectivity index (χ0) is 13.3. The molecule has 8 heteroatoms. The van der Waals surface area contributed by atoms with Gasteiger partial charge in [-0.15, -0.1) is 12.4 Å². The van der Waals surface area contributed by atoms with E-state index in [1.54, 1.807) is 0 Å². The molecule has 1 fully saturated rings. The highest BCUT2D eigenvalue weighted by molar-refractivity contribution is 7.89. The van der Waals surface area contributed by atoms with Crippen LogP contribution in [0.2, 0.25) is 0 Å². The highest BCUT2D eigenvalue weighted by atomic mass is 35.5. The highest BCUT2D eigenvalue weighted by Gasteiger charge is 2.28. The molecule has 2 rings (SSSR count). The number of piperazine rings is 1. The Labute approximate surface area is 117 Å². The maximum Gasteiger partial charge on any atom is 0.243 e. The summed E-state index contributed by atoms with van der Waals surface area (Å²) in [7, 11) is -3.75. The number of hydrogen-bond donors (Lipinski definition) is 1. The lowest BCUT2D eigenvalue weighted by Gasteiger charge is -2.30. The molecule has 0 radical (unpaired) electrons. The van der Waals surface area contributed by atoms with E-state index >= 15 is 0 Å². The predicted octanol–water partition coefficient (Wildman–Crippen LogP) is 1.37. The fraction of sp³-hybridized carbons (Fsp3) is 0.455. The molecular weight excluding hydrogens is 298 g/mol. The molecule has 1 atom stereocenters. The molecule has 1 saturated heterocycles. The minimum absolute atomic E-state index is 0. The molecule has 0 aromatic heterocycles. The average molecular weight is 313 g/mol. The monoisotopic (exact) mass is 312 g/mol. The second-order valence-corrected chi connectivity index (χ2v) is 6.23. The van der Waals surface area contributed by atoms with Gasteiger partial charge in [0, 0.05) is 25.7 Å². The van der Waals surface area contributed by atoms with Crippen LogP contribution in [-0.2, 0) is 10.0 Å². The summed E-state index contributed by atoms with van der Waals surface area (Å²) in [5.41, 5.74) is 0. The van der Waals surface area contributed by atoms with Gasteiger partial charge in [0.05, 0.1) is 4.90 Å². The SMILES string of the molecule is C[C@@H]1CN(S(=O)(=O)c2ccc(F)c(F)c2)CCN1.Cl. The van der Waals surface area contributed by atoms with Crippen molar-refractivity contribution < 1.29 is 17.2 Å². The summed E-state index contributed by atoms with van der Waals surface area (Å²) >= 11 is 0. The number of nitrogens with zero attached hydrogens (tertiary/aromatic N) is 1. The third kappa shape index (κ3) is 3.42. The van der Waals surface area contributed by atoms with Crippen LogP contribution < -0.4 is 5.32 Å². The minimum atomic E-state index is -3.75. The minimum Gasteiger partial charge on any atom is -0.312 e. The molecule has 4 nitrogen and oxygen atoms in total. The van der Waals surface area contributed by atoms with Gasteiger partial charge in [0.1, 0.15) is 0 Å². The lowest BCUT2D eigenvalue weighted by molar-refractivity contribution is 0.310. The average Bonchev–Trinajstić information content (AvgIpc) is 2.32. The van der Waals surface area contributed by atoms with E-state index in [9.17, 15) is 17.2 Å². The Morgan fingerprint density at radius 3 is 2.58 bits per heavy atom. The van der Waals surface area contributed by atoms with Crippen molar-refractivity contribution in [3.8, 4) is 0 Å². The van der Waals surface area contributed by atoms with Crippen LogP contribution in [-0.4, -0.2) is 38.4 Å². The largest absolute Gasteiger partial charge is 0.312 e. The van der Waals surface area contributed by atoms with Gasteiger partial charge in [-0.05, 0) is 25.1 Å². The molecule has 0 spiro atoms. The first kappa shape index (κ1) is 16.3. The molecule has 0 amide bonds. The van der Waals surface area contributed by atoms with Crippen LogP contribution in [0.1, 0.15) is 6.92 Å². The normalized spacial score (nSPS) is 20.9. The molecule has 1 aromatic carbocycles. The summed E-state index contributed by atoms with van der Waals surface area (Å²) in [6, 6.07) is 2.67. The van der Waals surface area contributed by atoms with Crippen molar-refractivity contribution >= 4 is 22.4 Å². The molecule has 0 aliphatic carbocycles. The number of rotatable bonds is 2. The molecule has 1 heterocycles. The fourth-order valence-electron chi connectivity index (χ4n) is 1.90. The van der Waals surface area contributed by atoms with E-state index in [2.05, 4.69) is 5.32 Å². The van der Waals surface area contributed by atoms with E-state index < -0.39 is 21.7 Å². The summed E-state index contributed by atoms with van der Waals surface area (Å²) in [6.45, 7) is 3.06. The zero-order valence-electron chi connectivity index (χ0n) is 10.3. The predicted molar refractivity (Wildman–Crippen MR) is 69.8 cm³/mol. The quantitative estimate of drug-likeness (QED) is 0.897. The molecule has 1 aliphatic heterocycles. The van der Waals surface area contributed by atoms with Crippen molar-refractivity contribution in [1.82, 2.24) is 9.62 Å². The van der Waals surface area contributed by atoms with Gasteiger partial charge in [-0.1, -0.05) is 0 Å². The Bertz CT molecular complexity index is 554.